The number of aryl methyl sites for hydroxylation is 1. The number of nitrogens with zero attached hydrogens (tertiary/aromatic N) is 3. The number of fused-ring (bicyclic) bond motifs is 1. The minimum atomic E-state index is -0.596. The van der Waals surface area contributed by atoms with Gasteiger partial charge in [-0.25, -0.2) is 13.8 Å². The summed E-state index contributed by atoms with van der Waals surface area (Å²) in [7, 11) is 0. The molecule has 0 aliphatic heterocycles. The molecule has 10 heteroatoms. The Morgan fingerprint density at radius 2 is 1.94 bits per heavy atom. The molecule has 2 aromatic heterocycles. The number of carbonyl (C=O) groups is 1. The standard InChI is InChI=1S/C24H17F2N5O3/c1-13-27-22(31-34-13)12-33-21-5-3-2-4-16(21)24(32)28-15-7-9-19-20(11-15)30-23(29-19)17-10-14(25)6-8-18(17)26/h2-11H,12H2,1H3,(H,28,32)(H,29,30). The van der Waals surface area contributed by atoms with Gasteiger partial charge in [-0.1, -0.05) is 17.3 Å². The van der Waals surface area contributed by atoms with E-state index in [-0.39, 0.29) is 18.0 Å². The Morgan fingerprint density at radius 3 is 2.76 bits per heavy atom. The maximum Gasteiger partial charge on any atom is 0.259 e. The molecular formula is C24H17F2N5O3. The van der Waals surface area contributed by atoms with Crippen molar-refractivity contribution in [2.24, 2.45) is 0 Å². The molecule has 0 bridgehead atoms. The van der Waals surface area contributed by atoms with Crippen LogP contribution in [0, 0.1) is 18.6 Å². The summed E-state index contributed by atoms with van der Waals surface area (Å²) in [5, 5.41) is 6.58. The van der Waals surface area contributed by atoms with Crippen LogP contribution in [0.3, 0.4) is 0 Å². The van der Waals surface area contributed by atoms with Gasteiger partial charge in [0.05, 0.1) is 22.2 Å². The van der Waals surface area contributed by atoms with Gasteiger partial charge in [-0.05, 0) is 48.5 Å². The highest BCUT2D eigenvalue weighted by molar-refractivity contribution is 6.06. The van der Waals surface area contributed by atoms with E-state index in [2.05, 4.69) is 25.4 Å². The highest BCUT2D eigenvalue weighted by atomic mass is 19.1. The van der Waals surface area contributed by atoms with E-state index >= 15 is 0 Å². The van der Waals surface area contributed by atoms with Gasteiger partial charge in [0.25, 0.3) is 5.91 Å². The molecule has 0 atom stereocenters. The maximum absolute atomic E-state index is 14.1. The zero-order chi connectivity index (χ0) is 23.7. The summed E-state index contributed by atoms with van der Waals surface area (Å²) < 4.78 is 38.3. The molecule has 3 aromatic carbocycles. The number of nitrogens with one attached hydrogen (secondary N) is 2. The molecule has 0 radical (unpaired) electrons. The number of halogens is 2. The highest BCUT2D eigenvalue weighted by Gasteiger charge is 2.15. The number of amides is 1. The summed E-state index contributed by atoms with van der Waals surface area (Å²) in [5.74, 6) is -0.234. The molecule has 1 amide bonds. The van der Waals surface area contributed by atoms with Gasteiger partial charge in [0.15, 0.2) is 6.61 Å². The molecule has 0 unspecified atom stereocenters. The molecule has 0 saturated heterocycles. The van der Waals surface area contributed by atoms with E-state index in [1.54, 1.807) is 49.4 Å². The second-order valence-electron chi connectivity index (χ2n) is 7.41. The fraction of sp³-hybridized carbons (Fsp3) is 0.0833. The van der Waals surface area contributed by atoms with E-state index in [9.17, 15) is 13.6 Å². The minimum absolute atomic E-state index is 0.0182. The van der Waals surface area contributed by atoms with Crippen LogP contribution in [0.15, 0.2) is 65.2 Å². The van der Waals surface area contributed by atoms with Crippen molar-refractivity contribution in [3.05, 3.63) is 89.6 Å². The second-order valence-corrected chi connectivity index (χ2v) is 7.41. The van der Waals surface area contributed by atoms with E-state index in [0.29, 0.717) is 39.7 Å². The summed E-state index contributed by atoms with van der Waals surface area (Å²) in [4.78, 5) is 24.3. The number of aromatic nitrogens is 4. The van der Waals surface area contributed by atoms with Crippen molar-refractivity contribution in [1.82, 2.24) is 20.1 Å². The largest absolute Gasteiger partial charge is 0.485 e. The number of rotatable bonds is 6. The number of aromatic amines is 1. The average molecular weight is 461 g/mol. The number of carbonyl (C=O) groups excluding carboxylic acids is 1. The third kappa shape index (κ3) is 4.33. The van der Waals surface area contributed by atoms with Crippen LogP contribution < -0.4 is 10.1 Å². The Bertz CT molecular complexity index is 1510. The SMILES string of the molecule is Cc1nc(COc2ccccc2C(=O)Nc2ccc3nc(-c4cc(F)ccc4F)[nH]c3c2)no1. The van der Waals surface area contributed by atoms with Crippen LogP contribution in [0.2, 0.25) is 0 Å². The summed E-state index contributed by atoms with van der Waals surface area (Å²) >= 11 is 0. The topological polar surface area (TPSA) is 106 Å². The first-order chi connectivity index (χ1) is 16.5. The molecule has 5 rings (SSSR count). The van der Waals surface area contributed by atoms with Crippen molar-refractivity contribution in [1.29, 1.82) is 0 Å². The maximum atomic E-state index is 14.1. The molecule has 0 fully saturated rings. The summed E-state index contributed by atoms with van der Waals surface area (Å²) in [5.41, 5.74) is 1.90. The van der Waals surface area contributed by atoms with Crippen molar-refractivity contribution in [3.63, 3.8) is 0 Å². The number of para-hydroxylation sites is 1. The lowest BCUT2D eigenvalue weighted by atomic mass is 10.1. The van der Waals surface area contributed by atoms with E-state index in [1.807, 2.05) is 0 Å². The molecule has 0 spiro atoms. The number of hydrogen-bond donors (Lipinski definition) is 2. The van der Waals surface area contributed by atoms with Gasteiger partial charge in [-0.3, -0.25) is 4.79 Å². The second kappa shape index (κ2) is 8.74. The van der Waals surface area contributed by atoms with Gasteiger partial charge >= 0.3 is 0 Å². The number of ether oxygens (including phenoxy) is 1. The van der Waals surface area contributed by atoms with Crippen molar-refractivity contribution in [2.45, 2.75) is 13.5 Å². The zero-order valence-electron chi connectivity index (χ0n) is 17.8. The van der Waals surface area contributed by atoms with Crippen LogP contribution in [0.5, 0.6) is 5.75 Å². The highest BCUT2D eigenvalue weighted by Crippen LogP contribution is 2.26. The molecule has 34 heavy (non-hydrogen) atoms. The van der Waals surface area contributed by atoms with Crippen LogP contribution in [-0.2, 0) is 6.61 Å². The Kier molecular flexibility index (Phi) is 5.46. The minimum Gasteiger partial charge on any atom is -0.485 e. The molecule has 0 saturated carbocycles. The first-order valence-corrected chi connectivity index (χ1v) is 10.2. The first kappa shape index (κ1) is 21.3. The number of benzene rings is 3. The van der Waals surface area contributed by atoms with Gasteiger partial charge in [0, 0.05) is 12.6 Å². The smallest absolute Gasteiger partial charge is 0.259 e. The van der Waals surface area contributed by atoms with Crippen molar-refractivity contribution in [3.8, 4) is 17.1 Å². The van der Waals surface area contributed by atoms with E-state index in [1.165, 1.54) is 0 Å². The van der Waals surface area contributed by atoms with Crippen LogP contribution in [-0.4, -0.2) is 26.0 Å². The fourth-order valence-electron chi connectivity index (χ4n) is 3.41. The molecule has 0 aliphatic rings. The van der Waals surface area contributed by atoms with Crippen LogP contribution in [0.25, 0.3) is 22.4 Å². The molecule has 2 N–H and O–H groups in total. The lowest BCUT2D eigenvalue weighted by Gasteiger charge is -2.10. The monoisotopic (exact) mass is 461 g/mol. The van der Waals surface area contributed by atoms with Gasteiger partial charge < -0.3 is 19.6 Å². The zero-order valence-corrected chi connectivity index (χ0v) is 17.8. The van der Waals surface area contributed by atoms with Gasteiger partial charge in [0.2, 0.25) is 11.7 Å². The van der Waals surface area contributed by atoms with Gasteiger partial charge in [-0.2, -0.15) is 4.98 Å². The number of anilines is 1. The summed E-state index contributed by atoms with van der Waals surface area (Å²) in [6.07, 6.45) is 0. The molecule has 0 aliphatic carbocycles. The number of H-pyrrole nitrogens is 1. The average Bonchev–Trinajstić information content (AvgIpc) is 3.45. The Balaban J connectivity index is 1.36. The lowest BCUT2D eigenvalue weighted by Crippen LogP contribution is -2.13. The number of imidazole rings is 1. The van der Waals surface area contributed by atoms with Crippen LogP contribution in [0.4, 0.5) is 14.5 Å². The summed E-state index contributed by atoms with van der Waals surface area (Å²) in [6, 6.07) is 14.9. The Morgan fingerprint density at radius 1 is 1.09 bits per heavy atom. The Hall–Kier alpha value is -4.60. The van der Waals surface area contributed by atoms with E-state index in [0.717, 1.165) is 18.2 Å². The molecular weight excluding hydrogens is 444 g/mol. The molecule has 8 nitrogen and oxygen atoms in total. The molecule has 2 heterocycles. The summed E-state index contributed by atoms with van der Waals surface area (Å²) in [6.45, 7) is 1.72. The van der Waals surface area contributed by atoms with Crippen molar-refractivity contribution >= 4 is 22.6 Å². The van der Waals surface area contributed by atoms with Crippen LogP contribution in [0.1, 0.15) is 22.1 Å². The lowest BCUT2D eigenvalue weighted by molar-refractivity contribution is 0.102. The predicted octanol–water partition coefficient (Wildman–Crippen LogP) is 5.03. The normalized spacial score (nSPS) is 11.0. The molecule has 170 valence electrons. The molecule has 5 aromatic rings. The quantitative estimate of drug-likeness (QED) is 0.367. The van der Waals surface area contributed by atoms with Gasteiger partial charge in [0.1, 0.15) is 23.2 Å². The van der Waals surface area contributed by atoms with E-state index < -0.39 is 17.5 Å². The van der Waals surface area contributed by atoms with E-state index in [4.69, 9.17) is 9.26 Å². The van der Waals surface area contributed by atoms with Crippen molar-refractivity contribution in [2.75, 3.05) is 5.32 Å². The van der Waals surface area contributed by atoms with Gasteiger partial charge in [-0.15, -0.1) is 0 Å². The Labute approximate surface area is 191 Å². The third-order valence-corrected chi connectivity index (χ3v) is 4.98. The van der Waals surface area contributed by atoms with Crippen molar-refractivity contribution < 1.29 is 22.8 Å². The number of hydrogen-bond acceptors (Lipinski definition) is 6. The fourth-order valence-corrected chi connectivity index (χ4v) is 3.41. The van der Waals surface area contributed by atoms with Crippen LogP contribution >= 0.6 is 0 Å². The predicted molar refractivity (Wildman–Crippen MR) is 119 cm³/mol. The third-order valence-electron chi connectivity index (χ3n) is 4.98. The first-order valence-electron chi connectivity index (χ1n) is 10.2.